The minimum Gasteiger partial charge on any atom is -0.319 e. The molecule has 1 N–H and O–H groups in total. The standard InChI is InChI=1S/C17H14BrFN2O2/c1-17(13-4-2-3-5-14(13)19)15(22)21(16(23)20-17)10-11-6-8-12(18)9-7-11/h2-9H,10H2,1H3,(H,20,23)/t17-/m1/s1. The molecule has 0 spiro atoms. The fraction of sp³-hybridized carbons (Fsp3) is 0.176. The number of carbonyl (C=O) groups is 2. The lowest BCUT2D eigenvalue weighted by atomic mass is 9.91. The predicted molar refractivity (Wildman–Crippen MR) is 87.0 cm³/mol. The first-order chi connectivity index (χ1) is 10.9. The van der Waals surface area contributed by atoms with Crippen molar-refractivity contribution in [1.82, 2.24) is 10.2 Å². The van der Waals surface area contributed by atoms with Crippen molar-refractivity contribution in [1.29, 1.82) is 0 Å². The number of nitrogens with one attached hydrogen (secondary N) is 1. The molecule has 0 bridgehead atoms. The van der Waals surface area contributed by atoms with Crippen LogP contribution in [0, 0.1) is 5.82 Å². The number of hydrogen-bond acceptors (Lipinski definition) is 2. The Morgan fingerprint density at radius 2 is 1.78 bits per heavy atom. The topological polar surface area (TPSA) is 49.4 Å². The average molecular weight is 377 g/mol. The molecule has 118 valence electrons. The molecule has 2 aromatic carbocycles. The molecule has 1 fully saturated rings. The van der Waals surface area contributed by atoms with Crippen LogP contribution < -0.4 is 5.32 Å². The summed E-state index contributed by atoms with van der Waals surface area (Å²) >= 11 is 3.34. The van der Waals surface area contributed by atoms with E-state index < -0.39 is 23.3 Å². The predicted octanol–water partition coefficient (Wildman–Crippen LogP) is 3.56. The molecule has 4 nitrogen and oxygen atoms in total. The van der Waals surface area contributed by atoms with E-state index in [4.69, 9.17) is 0 Å². The van der Waals surface area contributed by atoms with Gasteiger partial charge in [-0.1, -0.05) is 46.3 Å². The van der Waals surface area contributed by atoms with E-state index in [1.165, 1.54) is 19.1 Å². The molecule has 0 aliphatic carbocycles. The number of halogens is 2. The smallest absolute Gasteiger partial charge is 0.319 e. The SMILES string of the molecule is C[C@]1(c2ccccc2F)NC(=O)N(Cc2ccc(Br)cc2)C1=O. The summed E-state index contributed by atoms with van der Waals surface area (Å²) in [6.45, 7) is 1.66. The summed E-state index contributed by atoms with van der Waals surface area (Å²) in [4.78, 5) is 26.1. The second kappa shape index (κ2) is 5.77. The van der Waals surface area contributed by atoms with E-state index >= 15 is 0 Å². The molecule has 0 saturated carbocycles. The van der Waals surface area contributed by atoms with Crippen LogP contribution in [0.3, 0.4) is 0 Å². The number of imide groups is 1. The van der Waals surface area contributed by atoms with Gasteiger partial charge in [-0.3, -0.25) is 9.69 Å². The number of amides is 3. The van der Waals surface area contributed by atoms with Gasteiger partial charge in [-0.05, 0) is 30.7 Å². The van der Waals surface area contributed by atoms with E-state index in [9.17, 15) is 14.0 Å². The lowest BCUT2D eigenvalue weighted by molar-refractivity contribution is -0.131. The molecule has 3 amide bonds. The first-order valence-electron chi connectivity index (χ1n) is 7.05. The van der Waals surface area contributed by atoms with E-state index in [0.29, 0.717) is 0 Å². The van der Waals surface area contributed by atoms with Gasteiger partial charge in [0.05, 0.1) is 6.54 Å². The molecule has 0 unspecified atom stereocenters. The van der Waals surface area contributed by atoms with Gasteiger partial charge in [0.1, 0.15) is 11.4 Å². The molecule has 1 heterocycles. The minimum atomic E-state index is -1.39. The van der Waals surface area contributed by atoms with Gasteiger partial charge in [0.25, 0.3) is 5.91 Å². The third-order valence-electron chi connectivity index (χ3n) is 3.94. The van der Waals surface area contributed by atoms with E-state index in [-0.39, 0.29) is 12.1 Å². The van der Waals surface area contributed by atoms with Crippen LogP contribution in [0.1, 0.15) is 18.1 Å². The fourth-order valence-electron chi connectivity index (χ4n) is 2.66. The van der Waals surface area contributed by atoms with Crippen molar-refractivity contribution in [2.45, 2.75) is 19.0 Å². The Hall–Kier alpha value is -2.21. The molecule has 1 aliphatic rings. The van der Waals surface area contributed by atoms with Crippen LogP contribution in [0.25, 0.3) is 0 Å². The van der Waals surface area contributed by atoms with Crippen molar-refractivity contribution in [3.63, 3.8) is 0 Å². The second-order valence-corrected chi connectivity index (χ2v) is 6.47. The summed E-state index contributed by atoms with van der Waals surface area (Å²) in [6, 6.07) is 12.8. The fourth-order valence-corrected chi connectivity index (χ4v) is 2.93. The molecule has 2 aromatic rings. The Bertz CT molecular complexity index is 778. The highest BCUT2D eigenvalue weighted by atomic mass is 79.9. The maximum absolute atomic E-state index is 14.1. The Kier molecular flexibility index (Phi) is 3.93. The van der Waals surface area contributed by atoms with Gasteiger partial charge in [0, 0.05) is 10.0 Å². The van der Waals surface area contributed by atoms with Crippen molar-refractivity contribution in [2.75, 3.05) is 0 Å². The van der Waals surface area contributed by atoms with Gasteiger partial charge in [0.2, 0.25) is 0 Å². The average Bonchev–Trinajstić information content (AvgIpc) is 2.74. The second-order valence-electron chi connectivity index (χ2n) is 5.55. The van der Waals surface area contributed by atoms with Crippen molar-refractivity contribution in [3.8, 4) is 0 Å². The van der Waals surface area contributed by atoms with Gasteiger partial charge in [-0.25, -0.2) is 9.18 Å². The number of urea groups is 1. The Labute approximate surface area is 141 Å². The van der Waals surface area contributed by atoms with Crippen LogP contribution in [-0.2, 0) is 16.9 Å². The maximum Gasteiger partial charge on any atom is 0.325 e. The Morgan fingerprint density at radius 1 is 1.13 bits per heavy atom. The Balaban J connectivity index is 1.91. The molecule has 1 atom stereocenters. The van der Waals surface area contributed by atoms with Gasteiger partial charge < -0.3 is 5.32 Å². The Morgan fingerprint density at radius 3 is 2.43 bits per heavy atom. The van der Waals surface area contributed by atoms with Crippen molar-refractivity contribution in [3.05, 3.63) is 69.9 Å². The first-order valence-corrected chi connectivity index (χ1v) is 7.84. The van der Waals surface area contributed by atoms with E-state index in [1.54, 1.807) is 12.1 Å². The molecule has 1 aliphatic heterocycles. The molecule has 3 rings (SSSR count). The number of nitrogens with zero attached hydrogens (tertiary/aromatic N) is 1. The van der Waals surface area contributed by atoms with Crippen LogP contribution in [0.4, 0.5) is 9.18 Å². The summed E-state index contributed by atoms with van der Waals surface area (Å²) in [5.41, 5.74) is -0.413. The molecule has 1 saturated heterocycles. The summed E-state index contributed by atoms with van der Waals surface area (Å²) < 4.78 is 15.0. The van der Waals surface area contributed by atoms with E-state index in [1.807, 2.05) is 24.3 Å². The third kappa shape index (κ3) is 2.74. The zero-order valence-corrected chi connectivity index (χ0v) is 13.9. The number of carbonyl (C=O) groups excluding carboxylic acids is 2. The highest BCUT2D eigenvalue weighted by Crippen LogP contribution is 2.31. The zero-order chi connectivity index (χ0) is 16.6. The summed E-state index contributed by atoms with van der Waals surface area (Å²) in [5.74, 6) is -0.982. The first kappa shape index (κ1) is 15.7. The van der Waals surface area contributed by atoms with Gasteiger partial charge >= 0.3 is 6.03 Å². The number of benzene rings is 2. The maximum atomic E-state index is 14.1. The monoisotopic (exact) mass is 376 g/mol. The largest absolute Gasteiger partial charge is 0.325 e. The van der Waals surface area contributed by atoms with Crippen molar-refractivity contribution < 1.29 is 14.0 Å². The molecule has 6 heteroatoms. The quantitative estimate of drug-likeness (QED) is 0.832. The number of hydrogen-bond donors (Lipinski definition) is 1. The minimum absolute atomic E-state index is 0.141. The van der Waals surface area contributed by atoms with Crippen molar-refractivity contribution >= 4 is 27.9 Å². The van der Waals surface area contributed by atoms with Gasteiger partial charge in [0.15, 0.2) is 0 Å². The van der Waals surface area contributed by atoms with Crippen molar-refractivity contribution in [2.24, 2.45) is 0 Å². The normalized spacial score (nSPS) is 20.7. The lowest BCUT2D eigenvalue weighted by Gasteiger charge is -2.22. The zero-order valence-electron chi connectivity index (χ0n) is 12.3. The van der Waals surface area contributed by atoms with Gasteiger partial charge in [-0.15, -0.1) is 0 Å². The molecule has 0 aromatic heterocycles. The van der Waals surface area contributed by atoms with Crippen LogP contribution in [0.5, 0.6) is 0 Å². The highest BCUT2D eigenvalue weighted by Gasteiger charge is 2.50. The van der Waals surface area contributed by atoms with Crippen LogP contribution in [-0.4, -0.2) is 16.8 Å². The van der Waals surface area contributed by atoms with Gasteiger partial charge in [-0.2, -0.15) is 0 Å². The summed E-state index contributed by atoms with van der Waals surface area (Å²) in [6.07, 6.45) is 0. The van der Waals surface area contributed by atoms with Crippen LogP contribution >= 0.6 is 15.9 Å². The highest BCUT2D eigenvalue weighted by molar-refractivity contribution is 9.10. The third-order valence-corrected chi connectivity index (χ3v) is 4.47. The molecular formula is C17H14BrFN2O2. The van der Waals surface area contributed by atoms with E-state index in [0.717, 1.165) is 14.9 Å². The van der Waals surface area contributed by atoms with E-state index in [2.05, 4.69) is 21.2 Å². The summed E-state index contributed by atoms with van der Waals surface area (Å²) in [5, 5.41) is 2.61. The number of rotatable bonds is 3. The molecular weight excluding hydrogens is 363 g/mol. The lowest BCUT2D eigenvalue weighted by Crippen LogP contribution is -2.41. The molecule has 0 radical (unpaired) electrons. The van der Waals surface area contributed by atoms with Crippen LogP contribution in [0.15, 0.2) is 53.0 Å². The molecule has 23 heavy (non-hydrogen) atoms. The van der Waals surface area contributed by atoms with Crippen LogP contribution in [0.2, 0.25) is 0 Å². The summed E-state index contributed by atoms with van der Waals surface area (Å²) in [7, 11) is 0.